The normalized spacial score (nSPS) is 25.9. The number of carbonyl (C=O) groups is 3. The monoisotopic (exact) mass is 868 g/mol. The van der Waals surface area contributed by atoms with E-state index in [1.807, 2.05) is 73.0 Å². The second-order valence-corrected chi connectivity index (χ2v) is 20.4. The highest BCUT2D eigenvalue weighted by atomic mass is 32.2. The largest absolute Gasteiger partial charge is 0.496 e. The molecule has 2 saturated carbocycles. The number of thiazole rings is 1. The maximum Gasteiger partial charge on any atom is 0.264 e. The maximum absolute atomic E-state index is 15.0. The van der Waals surface area contributed by atoms with E-state index in [9.17, 15) is 22.8 Å². The van der Waals surface area contributed by atoms with Crippen LogP contribution in [0.1, 0.15) is 101 Å². The first kappa shape index (κ1) is 43.0. The molecular formula is C47H56N4O8S2. The average Bonchev–Trinajstić information content (AvgIpc) is 4.07. The maximum atomic E-state index is 15.0. The molecule has 4 aliphatic rings. The zero-order valence-corrected chi connectivity index (χ0v) is 37.3. The number of fused-ring (bicyclic) bond motifs is 3. The van der Waals surface area contributed by atoms with E-state index in [1.165, 1.54) is 18.4 Å². The van der Waals surface area contributed by atoms with Crippen LogP contribution < -0.4 is 14.2 Å². The minimum absolute atomic E-state index is 0.115. The van der Waals surface area contributed by atoms with Gasteiger partial charge in [-0.25, -0.2) is 18.4 Å². The smallest absolute Gasteiger partial charge is 0.264 e. The number of benzene rings is 2. The number of sulfonamides is 1. The molecule has 0 bridgehead atoms. The summed E-state index contributed by atoms with van der Waals surface area (Å²) >= 11 is 1.52. The number of allylic oxidation sites excluding steroid dienone is 2. The summed E-state index contributed by atoms with van der Waals surface area (Å²) in [6.45, 7) is 6.32. The van der Waals surface area contributed by atoms with Crippen molar-refractivity contribution in [2.45, 2.75) is 114 Å². The van der Waals surface area contributed by atoms with Crippen molar-refractivity contribution >= 4 is 49.9 Å². The standard InChI is InChI=1S/C47H56N4O8S2/c1-29(2)37-28-60-43(49-37)36-24-41(35-18-19-40(57-4)30(3)42(35)48-36)59-34-23-38-39(52)26-46(45(54)50-61(55,56)47(58-5)20-21-47)25-33(46)17-13-8-6-7-12-16-32(44(53)51(38)27-34)22-31-14-10-9-11-15-31/h9-11,13-15,17-19,24,28-29,32-34,38H,6-8,12,16,20-23,25-27H2,1-5H3,(H,50,54)/b17-13-/t32-,33+,34-,38+,46-/m1/s1. The minimum Gasteiger partial charge on any atom is -0.496 e. The van der Waals surface area contributed by atoms with Crippen LogP contribution in [0, 0.1) is 24.2 Å². The Hall–Kier alpha value is -4.66. The van der Waals surface area contributed by atoms with Crippen LogP contribution in [-0.4, -0.2) is 78.7 Å². The highest BCUT2D eigenvalue weighted by molar-refractivity contribution is 7.91. The third-order valence-electron chi connectivity index (χ3n) is 13.2. The molecule has 0 spiro atoms. The number of aryl methyl sites for hydroxylation is 1. The van der Waals surface area contributed by atoms with Crippen molar-refractivity contribution in [3.8, 4) is 22.2 Å². The number of pyridine rings is 1. The van der Waals surface area contributed by atoms with Crippen LogP contribution in [-0.2, 0) is 35.6 Å². The molecule has 12 nitrogen and oxygen atoms in total. The van der Waals surface area contributed by atoms with E-state index < -0.39 is 38.4 Å². The number of Topliss-reactive ketones (excluding diaryl/α,β-unsaturated/α-hetero) is 1. The van der Waals surface area contributed by atoms with Gasteiger partial charge in [0, 0.05) is 48.3 Å². The Bertz CT molecular complexity index is 2450. The van der Waals surface area contributed by atoms with Crippen molar-refractivity contribution in [1.29, 1.82) is 0 Å². The Kier molecular flexibility index (Phi) is 12.2. The molecule has 8 rings (SSSR count). The number of aromatic nitrogens is 2. The number of hydrogen-bond donors (Lipinski definition) is 1. The van der Waals surface area contributed by atoms with Crippen LogP contribution in [0.3, 0.4) is 0 Å². The van der Waals surface area contributed by atoms with Crippen LogP contribution in [0.25, 0.3) is 21.6 Å². The van der Waals surface area contributed by atoms with Crippen molar-refractivity contribution < 1.29 is 37.0 Å². The summed E-state index contributed by atoms with van der Waals surface area (Å²) in [6, 6.07) is 14.8. The van der Waals surface area contributed by atoms with Crippen molar-refractivity contribution in [2.75, 3.05) is 20.8 Å². The third-order valence-corrected chi connectivity index (χ3v) is 16.1. The fourth-order valence-corrected chi connectivity index (χ4v) is 11.6. The first-order chi connectivity index (χ1) is 29.3. The summed E-state index contributed by atoms with van der Waals surface area (Å²) in [5, 5.41) is 3.56. The van der Waals surface area contributed by atoms with Crippen molar-refractivity contribution in [3.05, 3.63) is 82.9 Å². The number of methoxy groups -OCH3 is 2. The number of nitrogens with one attached hydrogen (secondary N) is 1. The molecule has 2 amide bonds. The summed E-state index contributed by atoms with van der Waals surface area (Å²) in [7, 11) is -1.21. The van der Waals surface area contributed by atoms with Gasteiger partial charge in [0.05, 0.1) is 36.3 Å². The lowest BCUT2D eigenvalue weighted by atomic mass is 9.90. The van der Waals surface area contributed by atoms with Crippen LogP contribution in [0.15, 0.2) is 66.1 Å². The fraction of sp³-hybridized carbons (Fsp3) is 0.511. The molecule has 1 N–H and O–H groups in total. The van der Waals surface area contributed by atoms with Crippen LogP contribution >= 0.6 is 11.3 Å². The molecule has 1 saturated heterocycles. The Labute approximate surface area is 362 Å². The van der Waals surface area contributed by atoms with Gasteiger partial charge in [0.15, 0.2) is 10.7 Å². The number of rotatable bonds is 11. The van der Waals surface area contributed by atoms with E-state index in [2.05, 4.69) is 18.6 Å². The summed E-state index contributed by atoms with van der Waals surface area (Å²) in [5.74, 6) is -0.304. The molecule has 2 aromatic carbocycles. The third kappa shape index (κ3) is 8.60. The molecule has 2 aliphatic heterocycles. The summed E-state index contributed by atoms with van der Waals surface area (Å²) in [4.78, 5) is 54.2. The van der Waals surface area contributed by atoms with Crippen LogP contribution in [0.5, 0.6) is 11.5 Å². The van der Waals surface area contributed by atoms with E-state index in [1.54, 1.807) is 12.0 Å². The highest BCUT2D eigenvalue weighted by Gasteiger charge is 2.63. The summed E-state index contributed by atoms with van der Waals surface area (Å²) in [5.41, 5.74) is 2.94. The average molecular weight is 869 g/mol. The number of carbonyl (C=O) groups excluding carboxylic acids is 3. The number of ketones is 1. The fourth-order valence-electron chi connectivity index (χ4n) is 9.18. The molecule has 3 fully saturated rings. The lowest BCUT2D eigenvalue weighted by Gasteiger charge is -2.29. The van der Waals surface area contributed by atoms with Crippen LogP contribution in [0.2, 0.25) is 0 Å². The molecule has 61 heavy (non-hydrogen) atoms. The predicted octanol–water partition coefficient (Wildman–Crippen LogP) is 8.07. The first-order valence-electron chi connectivity index (χ1n) is 21.5. The van der Waals surface area contributed by atoms with Gasteiger partial charge < -0.3 is 19.1 Å². The summed E-state index contributed by atoms with van der Waals surface area (Å²) in [6.07, 6.45) is 9.01. The van der Waals surface area contributed by atoms with Gasteiger partial charge in [-0.2, -0.15) is 0 Å². The molecule has 0 radical (unpaired) electrons. The van der Waals surface area contributed by atoms with Gasteiger partial charge in [0.2, 0.25) is 11.8 Å². The highest BCUT2D eigenvalue weighted by Crippen LogP contribution is 2.58. The van der Waals surface area contributed by atoms with Crippen LogP contribution in [0.4, 0.5) is 0 Å². The zero-order chi connectivity index (χ0) is 43.1. The lowest BCUT2D eigenvalue weighted by molar-refractivity contribution is -0.142. The second kappa shape index (κ2) is 17.2. The Morgan fingerprint density at radius 3 is 2.52 bits per heavy atom. The van der Waals surface area contributed by atoms with E-state index >= 15 is 0 Å². The van der Waals surface area contributed by atoms with E-state index in [0.29, 0.717) is 42.0 Å². The van der Waals surface area contributed by atoms with Crippen molar-refractivity contribution in [1.82, 2.24) is 19.6 Å². The Balaban J connectivity index is 1.15. The second-order valence-electron chi connectivity index (χ2n) is 17.6. The number of ether oxygens (including phenoxy) is 3. The minimum atomic E-state index is -4.16. The first-order valence-corrected chi connectivity index (χ1v) is 23.9. The number of amides is 2. The molecule has 324 valence electrons. The topological polar surface area (TPSA) is 154 Å². The molecule has 14 heteroatoms. The van der Waals surface area contributed by atoms with Gasteiger partial charge >= 0.3 is 0 Å². The Morgan fingerprint density at radius 2 is 1.82 bits per heavy atom. The number of nitrogens with zero attached hydrogens (tertiary/aromatic N) is 3. The molecule has 4 aromatic rings. The predicted molar refractivity (Wildman–Crippen MR) is 235 cm³/mol. The molecule has 2 aromatic heterocycles. The quantitative estimate of drug-likeness (QED) is 0.146. The Morgan fingerprint density at radius 1 is 1.03 bits per heavy atom. The molecule has 4 heterocycles. The molecule has 0 unspecified atom stereocenters. The van der Waals surface area contributed by atoms with Crippen molar-refractivity contribution in [2.24, 2.45) is 17.3 Å². The van der Waals surface area contributed by atoms with Gasteiger partial charge in [0.25, 0.3) is 10.0 Å². The van der Waals surface area contributed by atoms with E-state index in [0.717, 1.165) is 52.9 Å². The lowest BCUT2D eigenvalue weighted by Crippen LogP contribution is -2.47. The molecule has 5 atom stereocenters. The SMILES string of the molecule is COc1ccc2c(O[C@@H]3C[C@H]4C(=O)C[C@]5(C(=O)NS(=O)(=O)C6(OC)CC6)C[C@@H]5/C=C\CCCCC[C@H](Cc5ccccc5)C(=O)N4C3)cc(-c3nc(C(C)C)cs3)nc2c1C. The van der Waals surface area contributed by atoms with Gasteiger partial charge in [-0.15, -0.1) is 11.3 Å². The van der Waals surface area contributed by atoms with Crippen molar-refractivity contribution in [3.63, 3.8) is 0 Å². The van der Waals surface area contributed by atoms with Gasteiger partial charge in [-0.1, -0.05) is 69.2 Å². The van der Waals surface area contributed by atoms with Gasteiger partial charge in [-0.3, -0.25) is 19.1 Å². The molecule has 2 aliphatic carbocycles. The molecular weight excluding hydrogens is 813 g/mol. The van der Waals surface area contributed by atoms with E-state index in [4.69, 9.17) is 24.2 Å². The zero-order valence-electron chi connectivity index (χ0n) is 35.6. The van der Waals surface area contributed by atoms with Gasteiger partial charge in [-0.05, 0) is 81.4 Å². The summed E-state index contributed by atoms with van der Waals surface area (Å²) < 4.78 is 47.1. The number of hydrogen-bond acceptors (Lipinski definition) is 11. The van der Waals surface area contributed by atoms with Gasteiger partial charge in [0.1, 0.15) is 28.3 Å². The van der Waals surface area contributed by atoms with E-state index in [-0.39, 0.29) is 61.7 Å².